The number of aryl methyl sites for hydroxylation is 4. The second-order valence-corrected chi connectivity index (χ2v) is 7.76. The zero-order valence-corrected chi connectivity index (χ0v) is 18.3. The lowest BCUT2D eigenvalue weighted by Gasteiger charge is -2.19. The van der Waals surface area contributed by atoms with E-state index in [4.69, 9.17) is 9.47 Å². The van der Waals surface area contributed by atoms with E-state index < -0.39 is 18.0 Å². The molecule has 0 saturated carbocycles. The molecular weight excluding hydrogens is 390 g/mol. The van der Waals surface area contributed by atoms with E-state index in [1.54, 1.807) is 24.3 Å². The van der Waals surface area contributed by atoms with Gasteiger partial charge in [-0.3, -0.25) is 4.79 Å². The molecule has 0 fully saturated rings. The van der Waals surface area contributed by atoms with Crippen molar-refractivity contribution in [2.75, 3.05) is 11.9 Å². The van der Waals surface area contributed by atoms with Gasteiger partial charge in [0.1, 0.15) is 5.75 Å². The average Bonchev–Trinajstić information content (AvgIpc) is 2.69. The summed E-state index contributed by atoms with van der Waals surface area (Å²) in [6.45, 7) is 7.55. The highest BCUT2D eigenvalue weighted by Gasteiger charge is 2.25. The number of carbonyl (C=O) groups excluding carboxylic acids is 2. The van der Waals surface area contributed by atoms with E-state index in [2.05, 4.69) is 5.32 Å². The molecule has 0 saturated heterocycles. The van der Waals surface area contributed by atoms with E-state index >= 15 is 0 Å². The van der Waals surface area contributed by atoms with E-state index in [1.807, 2.05) is 70.2 Å². The van der Waals surface area contributed by atoms with Gasteiger partial charge in [0.15, 0.2) is 6.61 Å². The van der Waals surface area contributed by atoms with Gasteiger partial charge in [0, 0.05) is 11.3 Å². The summed E-state index contributed by atoms with van der Waals surface area (Å²) < 4.78 is 11.1. The van der Waals surface area contributed by atoms with Crippen LogP contribution in [0.3, 0.4) is 0 Å². The van der Waals surface area contributed by atoms with Crippen LogP contribution in [-0.4, -0.2) is 18.5 Å². The average molecular weight is 418 g/mol. The van der Waals surface area contributed by atoms with Gasteiger partial charge < -0.3 is 14.8 Å². The zero-order chi connectivity index (χ0) is 22.4. The Morgan fingerprint density at radius 2 is 1.35 bits per heavy atom. The molecule has 3 aromatic rings. The third-order valence-electron chi connectivity index (χ3n) is 4.63. The third kappa shape index (κ3) is 6.44. The van der Waals surface area contributed by atoms with Crippen LogP contribution in [0.1, 0.15) is 33.9 Å². The molecule has 3 aromatic carbocycles. The highest BCUT2D eigenvalue weighted by molar-refractivity contribution is 5.96. The van der Waals surface area contributed by atoms with Gasteiger partial charge >= 0.3 is 5.97 Å². The first-order valence-electron chi connectivity index (χ1n) is 10.1. The first-order chi connectivity index (χ1) is 14.8. The molecule has 31 heavy (non-hydrogen) atoms. The van der Waals surface area contributed by atoms with E-state index in [9.17, 15) is 9.59 Å². The molecule has 5 heteroatoms. The lowest BCUT2D eigenvalue weighted by atomic mass is 10.1. The fourth-order valence-electron chi connectivity index (χ4n) is 3.48. The summed E-state index contributed by atoms with van der Waals surface area (Å²) in [5, 5.41) is 2.86. The topological polar surface area (TPSA) is 64.6 Å². The molecule has 0 bridgehead atoms. The van der Waals surface area contributed by atoms with E-state index in [1.165, 1.54) is 0 Å². The van der Waals surface area contributed by atoms with E-state index in [0.717, 1.165) is 22.3 Å². The number of nitrogens with one attached hydrogen (secondary N) is 1. The molecular formula is C26H27NO4. The van der Waals surface area contributed by atoms with Gasteiger partial charge in [0.2, 0.25) is 6.10 Å². The lowest BCUT2D eigenvalue weighted by Crippen LogP contribution is -2.28. The zero-order valence-electron chi connectivity index (χ0n) is 18.3. The van der Waals surface area contributed by atoms with Gasteiger partial charge in [-0.2, -0.15) is 0 Å². The maximum atomic E-state index is 13.0. The van der Waals surface area contributed by atoms with Crippen LogP contribution in [0.25, 0.3) is 0 Å². The van der Waals surface area contributed by atoms with E-state index in [-0.39, 0.29) is 6.61 Å². The molecule has 0 heterocycles. The number of rotatable bonds is 7. The standard InChI is InChI=1S/C26H27NO4/c1-17-10-18(2)13-22(12-17)27-26(29)25(21-8-6-5-7-9-21)31-24(28)16-30-23-14-19(3)11-20(4)15-23/h5-15,25H,16H2,1-4H3,(H,27,29)/t25-/m1/s1. The second kappa shape index (κ2) is 9.94. The molecule has 0 aliphatic rings. The number of esters is 1. The van der Waals surface area contributed by atoms with Crippen LogP contribution >= 0.6 is 0 Å². The van der Waals surface area contributed by atoms with Gasteiger partial charge in [-0.05, 0) is 74.2 Å². The van der Waals surface area contributed by atoms with Crippen LogP contribution in [0.15, 0.2) is 66.7 Å². The van der Waals surface area contributed by atoms with Crippen molar-refractivity contribution in [1.29, 1.82) is 0 Å². The van der Waals surface area contributed by atoms with Crippen molar-refractivity contribution in [2.45, 2.75) is 33.8 Å². The van der Waals surface area contributed by atoms with E-state index in [0.29, 0.717) is 17.0 Å². The lowest BCUT2D eigenvalue weighted by molar-refractivity contribution is -0.156. The van der Waals surface area contributed by atoms with Crippen molar-refractivity contribution < 1.29 is 19.1 Å². The Morgan fingerprint density at radius 3 is 1.94 bits per heavy atom. The van der Waals surface area contributed by atoms with Gasteiger partial charge in [0.05, 0.1) is 0 Å². The van der Waals surface area contributed by atoms with Crippen LogP contribution in [-0.2, 0) is 14.3 Å². The van der Waals surface area contributed by atoms with Crippen molar-refractivity contribution in [1.82, 2.24) is 0 Å². The number of ether oxygens (including phenoxy) is 2. The van der Waals surface area contributed by atoms with Crippen molar-refractivity contribution in [3.8, 4) is 5.75 Å². The van der Waals surface area contributed by atoms with Crippen LogP contribution in [0.4, 0.5) is 5.69 Å². The summed E-state index contributed by atoms with van der Waals surface area (Å²) >= 11 is 0. The van der Waals surface area contributed by atoms with Crippen LogP contribution in [0.5, 0.6) is 5.75 Å². The Hall–Kier alpha value is -3.60. The quantitative estimate of drug-likeness (QED) is 0.535. The summed E-state index contributed by atoms with van der Waals surface area (Å²) in [6, 6.07) is 20.4. The minimum Gasteiger partial charge on any atom is -0.482 e. The largest absolute Gasteiger partial charge is 0.482 e. The number of anilines is 1. The molecule has 0 aromatic heterocycles. The first-order valence-corrected chi connectivity index (χ1v) is 10.1. The molecule has 160 valence electrons. The number of benzene rings is 3. The van der Waals surface area contributed by atoms with Gasteiger partial charge in [-0.25, -0.2) is 4.79 Å². The highest BCUT2D eigenvalue weighted by Crippen LogP contribution is 2.22. The predicted octanol–water partition coefficient (Wildman–Crippen LogP) is 5.22. The van der Waals surface area contributed by atoms with Crippen molar-refractivity contribution in [3.05, 3.63) is 94.5 Å². The fraction of sp³-hybridized carbons (Fsp3) is 0.231. The van der Waals surface area contributed by atoms with Crippen molar-refractivity contribution in [3.63, 3.8) is 0 Å². The summed E-state index contributed by atoms with van der Waals surface area (Å²) in [4.78, 5) is 25.5. The smallest absolute Gasteiger partial charge is 0.345 e. The Bertz CT molecular complexity index is 1040. The molecule has 0 aliphatic heterocycles. The molecule has 5 nitrogen and oxygen atoms in total. The molecule has 3 rings (SSSR count). The Balaban J connectivity index is 1.72. The molecule has 1 amide bonds. The molecule has 0 unspecified atom stereocenters. The second-order valence-electron chi connectivity index (χ2n) is 7.76. The monoisotopic (exact) mass is 417 g/mol. The molecule has 1 N–H and O–H groups in total. The van der Waals surface area contributed by atoms with Crippen LogP contribution < -0.4 is 10.1 Å². The number of hydrogen-bond donors (Lipinski definition) is 1. The number of hydrogen-bond acceptors (Lipinski definition) is 4. The SMILES string of the molecule is Cc1cc(C)cc(NC(=O)[C@H](OC(=O)COc2cc(C)cc(C)c2)c2ccccc2)c1. The Morgan fingerprint density at radius 1 is 0.806 bits per heavy atom. The Labute approximate surface area is 183 Å². The van der Waals surface area contributed by atoms with Crippen LogP contribution in [0, 0.1) is 27.7 Å². The number of carbonyl (C=O) groups is 2. The maximum absolute atomic E-state index is 13.0. The van der Waals surface area contributed by atoms with Gasteiger partial charge in [-0.1, -0.05) is 42.5 Å². The third-order valence-corrected chi connectivity index (χ3v) is 4.63. The number of amides is 1. The minimum absolute atomic E-state index is 0.289. The molecule has 0 spiro atoms. The van der Waals surface area contributed by atoms with Gasteiger partial charge in [0.25, 0.3) is 5.91 Å². The molecule has 0 aliphatic carbocycles. The summed E-state index contributed by atoms with van der Waals surface area (Å²) in [5.74, 6) is -0.454. The fourth-order valence-corrected chi connectivity index (χ4v) is 3.48. The van der Waals surface area contributed by atoms with Gasteiger partial charge in [-0.15, -0.1) is 0 Å². The normalized spacial score (nSPS) is 11.5. The summed E-state index contributed by atoms with van der Waals surface area (Å²) in [5.41, 5.74) is 5.39. The maximum Gasteiger partial charge on any atom is 0.345 e. The Kier molecular flexibility index (Phi) is 7.08. The van der Waals surface area contributed by atoms with Crippen LogP contribution in [0.2, 0.25) is 0 Å². The summed E-state index contributed by atoms with van der Waals surface area (Å²) in [6.07, 6.45) is -1.09. The predicted molar refractivity (Wildman–Crippen MR) is 121 cm³/mol. The minimum atomic E-state index is -1.09. The molecule has 0 radical (unpaired) electrons. The van der Waals surface area contributed by atoms with Crippen molar-refractivity contribution in [2.24, 2.45) is 0 Å². The first kappa shape index (κ1) is 22.1. The highest BCUT2D eigenvalue weighted by atomic mass is 16.6. The van der Waals surface area contributed by atoms with Crippen molar-refractivity contribution >= 4 is 17.6 Å². The molecule has 1 atom stereocenters. The summed E-state index contributed by atoms with van der Waals surface area (Å²) in [7, 11) is 0.